The maximum atomic E-state index is 13.5. The van der Waals surface area contributed by atoms with Crippen LogP contribution < -0.4 is 15.0 Å². The monoisotopic (exact) mass is 627 g/mol. The minimum atomic E-state index is -0.642. The molecule has 0 aliphatic carbocycles. The number of pyridine rings is 1. The Morgan fingerprint density at radius 1 is 0.977 bits per heavy atom. The summed E-state index contributed by atoms with van der Waals surface area (Å²) >= 11 is 11.9. The summed E-state index contributed by atoms with van der Waals surface area (Å²) in [5.74, 6) is -0.700. The molecule has 0 fully saturated rings. The molecule has 2 amide bonds. The number of carbonyl (C=O) groups is 3. The Hall–Kier alpha value is -3.62. The van der Waals surface area contributed by atoms with Crippen LogP contribution in [-0.4, -0.2) is 43.0 Å². The van der Waals surface area contributed by atoms with Crippen molar-refractivity contribution in [2.24, 2.45) is 11.3 Å². The summed E-state index contributed by atoms with van der Waals surface area (Å²) < 4.78 is 11.1. The van der Waals surface area contributed by atoms with E-state index in [0.29, 0.717) is 35.7 Å². The van der Waals surface area contributed by atoms with Gasteiger partial charge in [-0.1, -0.05) is 76.0 Å². The minimum Gasteiger partial charge on any atom is -0.495 e. The molecule has 43 heavy (non-hydrogen) atoms. The first-order valence-corrected chi connectivity index (χ1v) is 14.9. The smallest absolute Gasteiger partial charge is 0.313 e. The quantitative estimate of drug-likeness (QED) is 0.174. The van der Waals surface area contributed by atoms with Gasteiger partial charge in [0.2, 0.25) is 5.91 Å². The number of ether oxygens (including phenoxy) is 2. The highest BCUT2D eigenvalue weighted by molar-refractivity contribution is 6.33. The van der Waals surface area contributed by atoms with Gasteiger partial charge in [-0.2, -0.15) is 0 Å². The first-order valence-electron chi connectivity index (χ1n) is 14.1. The molecule has 2 aromatic carbocycles. The third kappa shape index (κ3) is 9.18. The molecule has 0 saturated carbocycles. The highest BCUT2D eigenvalue weighted by Gasteiger charge is 2.32. The number of hydrogen-bond donors (Lipinski definition) is 1. The first-order chi connectivity index (χ1) is 20.2. The van der Waals surface area contributed by atoms with Crippen molar-refractivity contribution in [3.63, 3.8) is 0 Å². The molecule has 0 spiro atoms. The number of esters is 1. The van der Waals surface area contributed by atoms with Crippen LogP contribution in [0.4, 0.5) is 11.4 Å². The van der Waals surface area contributed by atoms with E-state index in [1.54, 1.807) is 37.1 Å². The number of nitrogens with zero attached hydrogens (tertiary/aromatic N) is 2. The summed E-state index contributed by atoms with van der Waals surface area (Å²) in [6, 6.07) is 15.5. The summed E-state index contributed by atoms with van der Waals surface area (Å²) in [6.07, 6.45) is 0.339. The standard InChI is InChI=1S/C33H39Cl2N3O5/c1-8-43-31(40)25(15-21-9-12-24(13-10-21)36-30(39)23-17-28(34)37-29(35)18-23)22-11-14-27(42-7)26(16-22)38(19-20(2)3)32(41)33(4,5)6/h9-14,16-18,20,25H,8,15,19H2,1-7H3,(H,36,39). The van der Waals surface area contributed by atoms with Crippen molar-refractivity contribution < 1.29 is 23.9 Å². The van der Waals surface area contributed by atoms with Crippen molar-refractivity contribution in [1.29, 1.82) is 0 Å². The zero-order chi connectivity index (χ0) is 31.9. The summed E-state index contributed by atoms with van der Waals surface area (Å²) in [6.45, 7) is 12.2. The van der Waals surface area contributed by atoms with Crippen LogP contribution >= 0.6 is 23.2 Å². The van der Waals surface area contributed by atoms with Gasteiger partial charge in [-0.05, 0) is 66.8 Å². The van der Waals surface area contributed by atoms with Gasteiger partial charge in [0, 0.05) is 23.2 Å². The van der Waals surface area contributed by atoms with Gasteiger partial charge >= 0.3 is 5.97 Å². The lowest BCUT2D eigenvalue weighted by molar-refractivity contribution is -0.145. The maximum absolute atomic E-state index is 13.5. The molecule has 0 bridgehead atoms. The second-order valence-corrected chi connectivity index (χ2v) is 12.4. The Kier molecular flexibility index (Phi) is 11.6. The Morgan fingerprint density at radius 3 is 2.14 bits per heavy atom. The molecule has 230 valence electrons. The first kappa shape index (κ1) is 33.9. The fraction of sp³-hybridized carbons (Fsp3) is 0.394. The van der Waals surface area contributed by atoms with E-state index < -0.39 is 11.3 Å². The van der Waals surface area contributed by atoms with Crippen LogP contribution in [0.25, 0.3) is 0 Å². The number of aromatic nitrogens is 1. The van der Waals surface area contributed by atoms with E-state index in [2.05, 4.69) is 10.3 Å². The number of anilines is 2. The van der Waals surface area contributed by atoms with Crippen molar-refractivity contribution >= 4 is 52.4 Å². The normalized spacial score (nSPS) is 12.0. The number of benzene rings is 2. The topological polar surface area (TPSA) is 97.8 Å². The fourth-order valence-corrected chi connectivity index (χ4v) is 5.00. The van der Waals surface area contributed by atoms with Crippen molar-refractivity contribution in [2.75, 3.05) is 30.5 Å². The van der Waals surface area contributed by atoms with Crippen molar-refractivity contribution in [3.05, 3.63) is 81.6 Å². The van der Waals surface area contributed by atoms with E-state index >= 15 is 0 Å². The van der Waals surface area contributed by atoms with Crippen molar-refractivity contribution in [3.8, 4) is 5.75 Å². The van der Waals surface area contributed by atoms with E-state index in [1.165, 1.54) is 12.1 Å². The minimum absolute atomic E-state index is 0.0433. The molecule has 8 nitrogen and oxygen atoms in total. The molecule has 3 rings (SSSR count). The second-order valence-electron chi connectivity index (χ2n) is 11.7. The Bertz CT molecular complexity index is 1430. The number of nitrogens with one attached hydrogen (secondary N) is 1. The van der Waals surface area contributed by atoms with E-state index in [0.717, 1.165) is 5.56 Å². The highest BCUT2D eigenvalue weighted by atomic mass is 35.5. The zero-order valence-electron chi connectivity index (χ0n) is 25.7. The maximum Gasteiger partial charge on any atom is 0.313 e. The molecule has 1 atom stereocenters. The predicted octanol–water partition coefficient (Wildman–Crippen LogP) is 7.57. The van der Waals surface area contributed by atoms with Crippen LogP contribution in [0, 0.1) is 11.3 Å². The summed E-state index contributed by atoms with van der Waals surface area (Å²) in [7, 11) is 1.56. The van der Waals surface area contributed by atoms with Crippen LogP contribution in [0.3, 0.4) is 0 Å². The van der Waals surface area contributed by atoms with E-state index in [1.807, 2.05) is 58.9 Å². The lowest BCUT2D eigenvalue weighted by atomic mass is 9.90. The Balaban J connectivity index is 1.93. The zero-order valence-corrected chi connectivity index (χ0v) is 27.2. The van der Waals surface area contributed by atoms with Crippen LogP contribution in [0.15, 0.2) is 54.6 Å². The molecule has 0 aliphatic rings. The molecule has 1 heterocycles. The molecule has 1 unspecified atom stereocenters. The van der Waals surface area contributed by atoms with Gasteiger partial charge in [-0.3, -0.25) is 14.4 Å². The molecular weight excluding hydrogens is 589 g/mol. The molecular formula is C33H39Cl2N3O5. The largest absolute Gasteiger partial charge is 0.495 e. The Morgan fingerprint density at radius 2 is 1.60 bits per heavy atom. The van der Waals surface area contributed by atoms with Crippen molar-refractivity contribution in [1.82, 2.24) is 4.98 Å². The highest BCUT2D eigenvalue weighted by Crippen LogP contribution is 2.36. The van der Waals surface area contributed by atoms with Gasteiger partial charge in [-0.15, -0.1) is 0 Å². The van der Waals surface area contributed by atoms with Gasteiger partial charge in [0.15, 0.2) is 0 Å². The number of amides is 2. The molecule has 0 radical (unpaired) electrons. The van der Waals surface area contributed by atoms with E-state index in [-0.39, 0.29) is 46.2 Å². The van der Waals surface area contributed by atoms with Gasteiger partial charge in [0.1, 0.15) is 16.1 Å². The van der Waals surface area contributed by atoms with Gasteiger partial charge in [-0.25, -0.2) is 4.98 Å². The van der Waals surface area contributed by atoms with Gasteiger partial charge in [0.25, 0.3) is 5.91 Å². The summed E-state index contributed by atoms with van der Waals surface area (Å²) in [4.78, 5) is 45.1. The summed E-state index contributed by atoms with van der Waals surface area (Å²) in [5, 5.41) is 3.05. The molecule has 0 saturated heterocycles. The average molecular weight is 629 g/mol. The number of rotatable bonds is 11. The van der Waals surface area contributed by atoms with Gasteiger partial charge in [0.05, 0.1) is 25.3 Å². The Labute approximate surface area is 263 Å². The second kappa shape index (κ2) is 14.7. The molecule has 1 aromatic heterocycles. The lowest BCUT2D eigenvalue weighted by Crippen LogP contribution is -2.42. The predicted molar refractivity (Wildman–Crippen MR) is 171 cm³/mol. The van der Waals surface area contributed by atoms with Crippen LogP contribution in [0.1, 0.15) is 68.9 Å². The van der Waals surface area contributed by atoms with Crippen LogP contribution in [0.2, 0.25) is 10.3 Å². The SMILES string of the molecule is CCOC(=O)C(Cc1ccc(NC(=O)c2cc(Cl)nc(Cl)c2)cc1)c1ccc(OC)c(N(CC(C)C)C(=O)C(C)(C)C)c1. The summed E-state index contributed by atoms with van der Waals surface area (Å²) in [5.41, 5.74) is 2.38. The molecule has 0 aliphatic heterocycles. The molecule has 10 heteroatoms. The van der Waals surface area contributed by atoms with E-state index in [9.17, 15) is 14.4 Å². The fourth-order valence-electron chi connectivity index (χ4n) is 4.53. The lowest BCUT2D eigenvalue weighted by Gasteiger charge is -2.32. The molecule has 1 N–H and O–H groups in total. The third-order valence-corrected chi connectivity index (χ3v) is 6.97. The molecule has 3 aromatic rings. The number of methoxy groups -OCH3 is 1. The number of halogens is 2. The van der Waals surface area contributed by atoms with Gasteiger partial charge < -0.3 is 19.7 Å². The van der Waals surface area contributed by atoms with Crippen LogP contribution in [-0.2, 0) is 20.7 Å². The average Bonchev–Trinajstić information content (AvgIpc) is 2.93. The van der Waals surface area contributed by atoms with Crippen LogP contribution in [0.5, 0.6) is 5.75 Å². The van der Waals surface area contributed by atoms with E-state index in [4.69, 9.17) is 32.7 Å². The number of carbonyl (C=O) groups excluding carboxylic acids is 3. The van der Waals surface area contributed by atoms with Crippen molar-refractivity contribution in [2.45, 2.75) is 53.9 Å². The number of hydrogen-bond acceptors (Lipinski definition) is 6. The third-order valence-electron chi connectivity index (χ3n) is 6.58.